The van der Waals surface area contributed by atoms with Crippen molar-refractivity contribution in [3.8, 4) is 11.5 Å². The fraction of sp³-hybridized carbons (Fsp3) is 0.241. The van der Waals surface area contributed by atoms with E-state index in [-0.39, 0.29) is 11.3 Å². The second-order valence-corrected chi connectivity index (χ2v) is 8.78. The van der Waals surface area contributed by atoms with Crippen LogP contribution >= 0.6 is 0 Å². The molecule has 0 radical (unpaired) electrons. The second-order valence-electron chi connectivity index (χ2n) is 8.78. The number of ketones is 1. The van der Waals surface area contributed by atoms with E-state index in [1.807, 2.05) is 74.5 Å². The molecule has 2 aliphatic heterocycles. The zero-order valence-corrected chi connectivity index (χ0v) is 19.8. The molecule has 1 unspecified atom stereocenters. The Morgan fingerprint density at radius 2 is 1.80 bits per heavy atom. The fourth-order valence-corrected chi connectivity index (χ4v) is 4.70. The summed E-state index contributed by atoms with van der Waals surface area (Å²) >= 11 is 0. The molecule has 3 aromatic carbocycles. The van der Waals surface area contributed by atoms with Crippen molar-refractivity contribution in [1.29, 1.82) is 0 Å². The molecule has 3 aromatic rings. The highest BCUT2D eigenvalue weighted by Crippen LogP contribution is 2.43. The molecule has 0 spiro atoms. The minimum Gasteiger partial charge on any atom is -0.507 e. The van der Waals surface area contributed by atoms with Gasteiger partial charge in [-0.2, -0.15) is 0 Å². The van der Waals surface area contributed by atoms with E-state index in [0.717, 1.165) is 29.7 Å². The number of anilines is 1. The molecule has 1 fully saturated rings. The van der Waals surface area contributed by atoms with Crippen molar-refractivity contribution in [2.45, 2.75) is 32.7 Å². The number of aryl methyl sites for hydroxylation is 2. The lowest BCUT2D eigenvalue weighted by molar-refractivity contribution is -0.132. The highest BCUT2D eigenvalue weighted by Gasteiger charge is 2.47. The van der Waals surface area contributed by atoms with E-state index in [1.165, 1.54) is 4.90 Å². The molecule has 178 valence electrons. The molecule has 2 heterocycles. The molecule has 6 nitrogen and oxygen atoms in total. The normalized spacial score (nSPS) is 18.8. The number of aliphatic hydroxyl groups excluding tert-OH is 1. The van der Waals surface area contributed by atoms with Crippen LogP contribution in [0, 0.1) is 6.92 Å². The van der Waals surface area contributed by atoms with Gasteiger partial charge in [0.1, 0.15) is 17.3 Å². The lowest BCUT2D eigenvalue weighted by atomic mass is 9.93. The van der Waals surface area contributed by atoms with Crippen LogP contribution in [0.5, 0.6) is 11.5 Å². The van der Waals surface area contributed by atoms with E-state index in [2.05, 4.69) is 0 Å². The molecular formula is C29H27NO5. The maximum atomic E-state index is 13.4. The number of rotatable bonds is 5. The molecule has 6 heteroatoms. The lowest BCUT2D eigenvalue weighted by Crippen LogP contribution is -2.29. The van der Waals surface area contributed by atoms with Crippen LogP contribution in [0.4, 0.5) is 5.69 Å². The van der Waals surface area contributed by atoms with Gasteiger partial charge < -0.3 is 14.6 Å². The molecule has 0 bridgehead atoms. The van der Waals surface area contributed by atoms with E-state index in [4.69, 9.17) is 9.47 Å². The highest BCUT2D eigenvalue weighted by atomic mass is 16.5. The van der Waals surface area contributed by atoms with Gasteiger partial charge in [0.05, 0.1) is 24.8 Å². The molecule has 0 aliphatic carbocycles. The van der Waals surface area contributed by atoms with Gasteiger partial charge in [0.15, 0.2) is 0 Å². The molecule has 1 atom stereocenters. The molecule has 1 N–H and O–H groups in total. The largest absolute Gasteiger partial charge is 0.507 e. The maximum absolute atomic E-state index is 13.4. The monoisotopic (exact) mass is 469 g/mol. The van der Waals surface area contributed by atoms with Crippen molar-refractivity contribution in [1.82, 2.24) is 0 Å². The first-order valence-electron chi connectivity index (χ1n) is 11.8. The van der Waals surface area contributed by atoms with Crippen molar-refractivity contribution >= 4 is 23.1 Å². The summed E-state index contributed by atoms with van der Waals surface area (Å²) in [6.07, 6.45) is 1.72. The van der Waals surface area contributed by atoms with Crippen LogP contribution in [0.2, 0.25) is 0 Å². The van der Waals surface area contributed by atoms with Crippen LogP contribution in [-0.4, -0.2) is 30.0 Å². The summed E-state index contributed by atoms with van der Waals surface area (Å²) < 4.78 is 11.3. The number of ether oxygens (including phenoxy) is 2. The van der Waals surface area contributed by atoms with Gasteiger partial charge in [0.25, 0.3) is 11.7 Å². The van der Waals surface area contributed by atoms with E-state index in [1.54, 1.807) is 6.07 Å². The van der Waals surface area contributed by atoms with Gasteiger partial charge in [-0.1, -0.05) is 29.8 Å². The molecule has 35 heavy (non-hydrogen) atoms. The quantitative estimate of drug-likeness (QED) is 0.310. The van der Waals surface area contributed by atoms with Crippen LogP contribution in [0.3, 0.4) is 0 Å². The van der Waals surface area contributed by atoms with Gasteiger partial charge in [0.2, 0.25) is 0 Å². The molecule has 5 rings (SSSR count). The second kappa shape index (κ2) is 9.29. The Morgan fingerprint density at radius 3 is 2.51 bits per heavy atom. The first-order valence-corrected chi connectivity index (χ1v) is 11.8. The van der Waals surface area contributed by atoms with Crippen molar-refractivity contribution in [3.63, 3.8) is 0 Å². The summed E-state index contributed by atoms with van der Waals surface area (Å²) in [5, 5.41) is 11.4. The van der Waals surface area contributed by atoms with Crippen molar-refractivity contribution in [2.75, 3.05) is 18.1 Å². The third-order valence-corrected chi connectivity index (χ3v) is 6.45. The van der Waals surface area contributed by atoms with E-state index < -0.39 is 17.7 Å². The summed E-state index contributed by atoms with van der Waals surface area (Å²) in [6, 6.07) is 19.3. The van der Waals surface area contributed by atoms with Gasteiger partial charge >= 0.3 is 0 Å². The van der Waals surface area contributed by atoms with Crippen LogP contribution in [0.15, 0.2) is 72.3 Å². The fourth-order valence-electron chi connectivity index (χ4n) is 4.70. The standard InChI is InChI=1S/C29H27NO5/c1-3-34-23-13-8-19(9-14-23)26-25(27(31)21-10-15-24-20(17-21)5-4-16-35-24)28(32)29(33)30(26)22-11-6-18(2)7-12-22/h6-15,17,26,31H,3-5,16H2,1-2H3/b27-25-. The molecule has 1 amide bonds. The van der Waals surface area contributed by atoms with Crippen molar-refractivity contribution in [2.24, 2.45) is 0 Å². The molecular weight excluding hydrogens is 442 g/mol. The summed E-state index contributed by atoms with van der Waals surface area (Å²) in [5.74, 6) is -0.0917. The van der Waals surface area contributed by atoms with Gasteiger partial charge in [-0.05, 0) is 80.3 Å². The Hall–Kier alpha value is -4.06. The Bertz CT molecular complexity index is 1310. The number of Topliss-reactive ketones (excluding diaryl/α,β-unsaturated/α-hetero) is 1. The number of aliphatic hydroxyl groups is 1. The predicted molar refractivity (Wildman–Crippen MR) is 134 cm³/mol. The number of carbonyl (C=O) groups excluding carboxylic acids is 2. The zero-order chi connectivity index (χ0) is 24.5. The van der Waals surface area contributed by atoms with E-state index in [9.17, 15) is 14.7 Å². The maximum Gasteiger partial charge on any atom is 0.300 e. The average Bonchev–Trinajstić information content (AvgIpc) is 3.14. The molecule has 0 saturated carbocycles. The average molecular weight is 470 g/mol. The third-order valence-electron chi connectivity index (χ3n) is 6.45. The summed E-state index contributed by atoms with van der Waals surface area (Å²) in [4.78, 5) is 28.1. The number of fused-ring (bicyclic) bond motifs is 1. The Morgan fingerprint density at radius 1 is 1.06 bits per heavy atom. The minimum atomic E-state index is -0.777. The van der Waals surface area contributed by atoms with E-state index >= 15 is 0 Å². The summed E-state index contributed by atoms with van der Waals surface area (Å²) in [6.45, 7) is 5.06. The van der Waals surface area contributed by atoms with Gasteiger partial charge in [-0.25, -0.2) is 0 Å². The van der Waals surface area contributed by atoms with Gasteiger partial charge in [0, 0.05) is 11.3 Å². The lowest BCUT2D eigenvalue weighted by Gasteiger charge is -2.26. The SMILES string of the molecule is CCOc1ccc(C2/C(=C(/O)c3ccc4c(c3)CCCO4)C(=O)C(=O)N2c2ccc(C)cc2)cc1. The van der Waals surface area contributed by atoms with Crippen LogP contribution < -0.4 is 14.4 Å². The summed E-state index contributed by atoms with van der Waals surface area (Å²) in [7, 11) is 0. The molecule has 0 aromatic heterocycles. The van der Waals surface area contributed by atoms with Crippen LogP contribution in [0.25, 0.3) is 5.76 Å². The molecule has 2 aliphatic rings. The number of nitrogens with zero attached hydrogens (tertiary/aromatic N) is 1. The Kier molecular flexibility index (Phi) is 6.03. The van der Waals surface area contributed by atoms with Gasteiger partial charge in [-0.3, -0.25) is 14.5 Å². The highest BCUT2D eigenvalue weighted by molar-refractivity contribution is 6.51. The summed E-state index contributed by atoms with van der Waals surface area (Å²) in [5.41, 5.74) is 3.87. The van der Waals surface area contributed by atoms with E-state index in [0.29, 0.717) is 35.8 Å². The number of amides is 1. The molecule has 1 saturated heterocycles. The van der Waals surface area contributed by atoms with Gasteiger partial charge in [-0.15, -0.1) is 0 Å². The number of carbonyl (C=O) groups is 2. The Labute approximate surface area is 204 Å². The first-order chi connectivity index (χ1) is 17.0. The topological polar surface area (TPSA) is 76.1 Å². The first kappa shape index (κ1) is 22.7. The number of hydrogen-bond acceptors (Lipinski definition) is 5. The Balaban J connectivity index is 1.66. The number of hydrogen-bond donors (Lipinski definition) is 1. The smallest absolute Gasteiger partial charge is 0.300 e. The zero-order valence-electron chi connectivity index (χ0n) is 19.8. The van der Waals surface area contributed by atoms with Crippen LogP contribution in [0.1, 0.15) is 41.6 Å². The minimum absolute atomic E-state index is 0.0661. The predicted octanol–water partition coefficient (Wildman–Crippen LogP) is 5.35. The van der Waals surface area contributed by atoms with Crippen LogP contribution in [-0.2, 0) is 16.0 Å². The van der Waals surface area contributed by atoms with Crippen molar-refractivity contribution < 1.29 is 24.2 Å². The number of benzene rings is 3. The third kappa shape index (κ3) is 4.16. The van der Waals surface area contributed by atoms with Crippen molar-refractivity contribution in [3.05, 3.63) is 94.6 Å².